The monoisotopic (exact) mass is 813 g/mol. The van der Waals surface area contributed by atoms with Crippen LogP contribution in [0.1, 0.15) is 35.4 Å². The Hall–Kier alpha value is -8.02. The number of rotatable bonds is 11. The Kier molecular flexibility index (Phi) is 10.9. The molecule has 0 saturated heterocycles. The van der Waals surface area contributed by atoms with E-state index in [1.54, 1.807) is 12.3 Å². The molecule has 5 heteroatoms. The number of aliphatic imine (C=N–C) groups is 2. The number of fused-ring (bicyclic) bond motifs is 3. The zero-order valence-electron chi connectivity index (χ0n) is 35.1. The molecule has 63 heavy (non-hydrogen) atoms. The van der Waals surface area contributed by atoms with Gasteiger partial charge in [0, 0.05) is 70.4 Å². The van der Waals surface area contributed by atoms with Crippen LogP contribution < -0.4 is 10.6 Å². The van der Waals surface area contributed by atoms with Crippen molar-refractivity contribution in [2.75, 3.05) is 11.4 Å². The molecule has 0 fully saturated rings. The van der Waals surface area contributed by atoms with E-state index in [0.717, 1.165) is 75.8 Å². The van der Waals surface area contributed by atoms with Gasteiger partial charge in [-0.1, -0.05) is 128 Å². The molecule has 1 unspecified atom stereocenters. The standard InChI is InChI=1S/C58H47N5/c1-2-3-14-47(40-59)43-23-30-51(31-24-43)62(52-32-25-45(26-33-52)58-60-35-13-36-61-58)50-28-21-42(22-29-50)46-27-34-56-54(37-46)55-39-48(41-15-7-4-8-16-41)38-53(44-17-9-5-10-18-44)57(55)63(56)49-19-11-6-12-20-49/h2-12,14-17,19-35,37-40,44H,1,13,18,36,59H2/b14-3-,47-40+. The number of hydrogen-bond donors (Lipinski definition) is 1. The summed E-state index contributed by atoms with van der Waals surface area (Å²) in [6.07, 6.45) is 20.0. The summed E-state index contributed by atoms with van der Waals surface area (Å²) in [4.78, 5) is 11.5. The third kappa shape index (κ3) is 7.77. The molecule has 2 N–H and O–H groups in total. The summed E-state index contributed by atoms with van der Waals surface area (Å²) in [6.45, 7) is 4.58. The molecule has 0 saturated carbocycles. The maximum Gasteiger partial charge on any atom is 0.154 e. The second-order valence-electron chi connectivity index (χ2n) is 15.9. The highest BCUT2D eigenvalue weighted by atomic mass is 15.1. The van der Waals surface area contributed by atoms with Crippen molar-refractivity contribution in [2.45, 2.75) is 18.8 Å². The molecule has 5 nitrogen and oxygen atoms in total. The molecule has 0 bridgehead atoms. The number of nitrogens with zero attached hydrogens (tertiary/aromatic N) is 4. The average molecular weight is 814 g/mol. The lowest BCUT2D eigenvalue weighted by Gasteiger charge is -2.26. The first-order valence-corrected chi connectivity index (χ1v) is 21.6. The van der Waals surface area contributed by atoms with Crippen LogP contribution in [0.15, 0.2) is 229 Å². The SMILES string of the molecule is C=C/C=C\C(=C/N)c1ccc(N(c2ccc(C3=NCCC=N3)cc2)c2ccc(-c3ccc4c(c3)c3cc(-c5ccccc5)cc(C5C=CC=CC5)c3n4-c3ccccc3)cc2)cc1. The van der Waals surface area contributed by atoms with Gasteiger partial charge in [-0.2, -0.15) is 0 Å². The van der Waals surface area contributed by atoms with Crippen LogP contribution in [0.2, 0.25) is 0 Å². The van der Waals surface area contributed by atoms with Gasteiger partial charge in [0.25, 0.3) is 0 Å². The lowest BCUT2D eigenvalue weighted by Crippen LogP contribution is -2.11. The van der Waals surface area contributed by atoms with E-state index in [0.29, 0.717) is 0 Å². The summed E-state index contributed by atoms with van der Waals surface area (Å²) in [5.74, 6) is 1.04. The van der Waals surface area contributed by atoms with Crippen LogP contribution in [0.3, 0.4) is 0 Å². The van der Waals surface area contributed by atoms with E-state index in [9.17, 15) is 0 Å². The van der Waals surface area contributed by atoms with E-state index < -0.39 is 0 Å². The van der Waals surface area contributed by atoms with Crippen LogP contribution in [0, 0.1) is 0 Å². The molecule has 2 aliphatic rings. The van der Waals surface area contributed by atoms with E-state index in [1.165, 1.54) is 38.5 Å². The zero-order valence-corrected chi connectivity index (χ0v) is 35.1. The fourth-order valence-electron chi connectivity index (χ4n) is 8.91. The molecular weight excluding hydrogens is 767 g/mol. The van der Waals surface area contributed by atoms with Gasteiger partial charge in [0.15, 0.2) is 5.84 Å². The van der Waals surface area contributed by atoms with Crippen molar-refractivity contribution in [1.29, 1.82) is 0 Å². The fourth-order valence-corrected chi connectivity index (χ4v) is 8.91. The van der Waals surface area contributed by atoms with Crippen molar-refractivity contribution in [3.63, 3.8) is 0 Å². The van der Waals surface area contributed by atoms with Gasteiger partial charge in [0.05, 0.1) is 11.0 Å². The molecule has 1 atom stereocenters. The highest BCUT2D eigenvalue weighted by molar-refractivity contribution is 6.13. The van der Waals surface area contributed by atoms with Crippen LogP contribution >= 0.6 is 0 Å². The molecule has 0 amide bonds. The Morgan fingerprint density at radius 2 is 1.32 bits per heavy atom. The van der Waals surface area contributed by atoms with Crippen LogP contribution in [0.4, 0.5) is 17.1 Å². The third-order valence-corrected chi connectivity index (χ3v) is 12.0. The molecule has 1 aromatic heterocycles. The molecule has 0 radical (unpaired) electrons. The number of anilines is 3. The molecule has 0 spiro atoms. The number of benzene rings is 7. The highest BCUT2D eigenvalue weighted by Gasteiger charge is 2.22. The first-order chi connectivity index (χ1) is 31.2. The molecule has 2 heterocycles. The summed E-state index contributed by atoms with van der Waals surface area (Å²) < 4.78 is 2.47. The van der Waals surface area contributed by atoms with Gasteiger partial charge >= 0.3 is 0 Å². The third-order valence-electron chi connectivity index (χ3n) is 12.0. The largest absolute Gasteiger partial charge is 0.404 e. The maximum atomic E-state index is 6.03. The molecule has 1 aliphatic carbocycles. The van der Waals surface area contributed by atoms with E-state index in [1.807, 2.05) is 18.4 Å². The molecule has 304 valence electrons. The predicted molar refractivity (Wildman–Crippen MR) is 268 cm³/mol. The van der Waals surface area contributed by atoms with Crippen molar-refractivity contribution in [2.24, 2.45) is 15.7 Å². The van der Waals surface area contributed by atoms with Crippen molar-refractivity contribution < 1.29 is 0 Å². The van der Waals surface area contributed by atoms with Crippen LogP contribution in [-0.2, 0) is 0 Å². The molecule has 10 rings (SSSR count). The maximum absolute atomic E-state index is 6.03. The second-order valence-corrected chi connectivity index (χ2v) is 15.9. The second kappa shape index (κ2) is 17.5. The van der Waals surface area contributed by atoms with Gasteiger partial charge in [-0.25, -0.2) is 4.99 Å². The van der Waals surface area contributed by atoms with E-state index in [2.05, 4.69) is 214 Å². The Bertz CT molecular complexity index is 3130. The Labute approximate surface area is 369 Å². The van der Waals surface area contributed by atoms with Crippen molar-refractivity contribution in [3.8, 4) is 27.9 Å². The Morgan fingerprint density at radius 1 is 0.667 bits per heavy atom. The van der Waals surface area contributed by atoms with E-state index in [-0.39, 0.29) is 5.92 Å². The molecule has 1 aliphatic heterocycles. The van der Waals surface area contributed by atoms with Crippen molar-refractivity contribution in [3.05, 3.63) is 236 Å². The van der Waals surface area contributed by atoms with Gasteiger partial charge in [0.2, 0.25) is 0 Å². The minimum atomic E-state index is 0.262. The lowest BCUT2D eigenvalue weighted by molar-refractivity contribution is 0.857. The number of allylic oxidation sites excluding steroid dienone is 8. The normalized spacial score (nSPS) is 15.0. The molecule has 8 aromatic rings. The average Bonchev–Trinajstić information content (AvgIpc) is 3.69. The summed E-state index contributed by atoms with van der Waals surface area (Å²) >= 11 is 0. The van der Waals surface area contributed by atoms with Crippen LogP contribution in [0.5, 0.6) is 0 Å². The smallest absolute Gasteiger partial charge is 0.154 e. The van der Waals surface area contributed by atoms with Gasteiger partial charge < -0.3 is 15.2 Å². The summed E-state index contributed by atoms with van der Waals surface area (Å²) in [5.41, 5.74) is 21.8. The van der Waals surface area contributed by atoms with E-state index in [4.69, 9.17) is 5.73 Å². The van der Waals surface area contributed by atoms with E-state index >= 15 is 0 Å². The van der Waals surface area contributed by atoms with Gasteiger partial charge in [0.1, 0.15) is 0 Å². The summed E-state index contributed by atoms with van der Waals surface area (Å²) in [7, 11) is 0. The van der Waals surface area contributed by atoms with Gasteiger partial charge in [-0.3, -0.25) is 4.99 Å². The van der Waals surface area contributed by atoms with Crippen LogP contribution in [0.25, 0.3) is 55.3 Å². The first kappa shape index (κ1) is 39.1. The van der Waals surface area contributed by atoms with Gasteiger partial charge in [-0.05, 0) is 130 Å². The Morgan fingerprint density at radius 3 is 1.97 bits per heavy atom. The predicted octanol–water partition coefficient (Wildman–Crippen LogP) is 14.5. The Balaban J connectivity index is 1.08. The minimum absolute atomic E-state index is 0.262. The number of aromatic nitrogens is 1. The number of para-hydroxylation sites is 1. The number of hydrogen-bond acceptors (Lipinski definition) is 4. The summed E-state index contributed by atoms with van der Waals surface area (Å²) in [6, 6.07) is 59.3. The summed E-state index contributed by atoms with van der Waals surface area (Å²) in [5, 5.41) is 2.48. The van der Waals surface area contributed by atoms with Crippen molar-refractivity contribution >= 4 is 56.5 Å². The topological polar surface area (TPSA) is 58.9 Å². The molecular formula is C58H47N5. The zero-order chi connectivity index (χ0) is 42.5. The fraction of sp³-hybridized carbons (Fsp3) is 0.0690. The number of nitrogens with two attached hydrogens (primary N) is 1. The first-order valence-electron chi connectivity index (χ1n) is 21.6. The lowest BCUT2D eigenvalue weighted by atomic mass is 9.88. The quantitative estimate of drug-likeness (QED) is 0.132. The number of amidine groups is 1. The molecule has 7 aromatic carbocycles. The van der Waals surface area contributed by atoms with Gasteiger partial charge in [-0.15, -0.1) is 0 Å². The minimum Gasteiger partial charge on any atom is -0.404 e. The van der Waals surface area contributed by atoms with Crippen molar-refractivity contribution in [1.82, 2.24) is 4.57 Å². The van der Waals surface area contributed by atoms with Crippen LogP contribution in [-0.4, -0.2) is 23.2 Å². The highest BCUT2D eigenvalue weighted by Crippen LogP contribution is 2.43.